The molecule has 45 heavy (non-hydrogen) atoms. The van der Waals surface area contributed by atoms with Crippen molar-refractivity contribution in [1.82, 2.24) is 30.2 Å². The molecule has 12 nitrogen and oxygen atoms in total. The van der Waals surface area contributed by atoms with Crippen molar-refractivity contribution < 1.29 is 29.3 Å². The van der Waals surface area contributed by atoms with Crippen LogP contribution in [0.1, 0.15) is 73.6 Å². The van der Waals surface area contributed by atoms with Gasteiger partial charge in [0.15, 0.2) is 0 Å². The van der Waals surface area contributed by atoms with E-state index < -0.39 is 35.6 Å². The molecule has 0 amide bonds. The number of carbonyl (C=O) groups is 2. The fraction of sp³-hybridized carbons (Fsp3) is 0.719. The molecule has 3 N–H and O–H groups in total. The Morgan fingerprint density at radius 2 is 1.87 bits per heavy atom. The fourth-order valence-corrected chi connectivity index (χ4v) is 6.89. The first-order valence-electron chi connectivity index (χ1n) is 16.4. The maximum Gasteiger partial charge on any atom is 0.316 e. The number of fused-ring (bicyclic) bond motifs is 1. The molecule has 9 atom stereocenters. The van der Waals surface area contributed by atoms with E-state index in [1.165, 1.54) is 0 Å². The van der Waals surface area contributed by atoms with E-state index in [0.717, 1.165) is 18.5 Å². The van der Waals surface area contributed by atoms with Gasteiger partial charge in [0.05, 0.1) is 23.5 Å². The van der Waals surface area contributed by atoms with Crippen LogP contribution >= 0.6 is 0 Å². The minimum absolute atomic E-state index is 0.0819. The first-order chi connectivity index (χ1) is 21.3. The van der Waals surface area contributed by atoms with Gasteiger partial charge in [-0.2, -0.15) is 0 Å². The number of unbranched alkanes of at least 4 members (excludes halogenated alkanes) is 1. The number of hydrogen-bond donors (Lipinski definition) is 3. The molecule has 0 radical (unpaired) electrons. The van der Waals surface area contributed by atoms with Gasteiger partial charge >= 0.3 is 5.97 Å². The lowest BCUT2D eigenvalue weighted by molar-refractivity contribution is -0.207. The van der Waals surface area contributed by atoms with Crippen molar-refractivity contribution >= 4 is 19.6 Å². The zero-order valence-corrected chi connectivity index (χ0v) is 27.8. The Morgan fingerprint density at radius 3 is 2.56 bits per heavy atom. The molecule has 2 aliphatic heterocycles. The molecule has 2 aromatic heterocycles. The SMILES string of the molecule is B[C@@H]1CC(=O)[C@@H](C)C(=O)O[C@H](CC)[C@@]2(C)OC(O)N(CCCCn3cc(-c4ccccn4)nn3)[C@@H]2[C@@H](C)NC[C@H](C)C[C@]1(C)O. The van der Waals surface area contributed by atoms with Crippen LogP contribution in [-0.2, 0) is 25.6 Å². The number of pyridine rings is 1. The minimum Gasteiger partial charge on any atom is -0.459 e. The van der Waals surface area contributed by atoms with Crippen LogP contribution in [-0.4, -0.2) is 104 Å². The van der Waals surface area contributed by atoms with Gasteiger partial charge in [0.2, 0.25) is 6.41 Å². The fourth-order valence-electron chi connectivity index (χ4n) is 6.89. The summed E-state index contributed by atoms with van der Waals surface area (Å²) >= 11 is 0. The quantitative estimate of drug-likeness (QED) is 0.179. The number of aliphatic hydroxyl groups is 2. The molecule has 0 aromatic carbocycles. The number of nitrogens with one attached hydrogen (secondary N) is 1. The van der Waals surface area contributed by atoms with Crippen LogP contribution < -0.4 is 5.32 Å². The number of ketones is 1. The summed E-state index contributed by atoms with van der Waals surface area (Å²) in [7, 11) is 1.85. The van der Waals surface area contributed by atoms with Gasteiger partial charge in [-0.15, -0.1) is 5.10 Å². The van der Waals surface area contributed by atoms with Crippen LogP contribution in [0.5, 0.6) is 0 Å². The van der Waals surface area contributed by atoms with Crippen molar-refractivity contribution in [2.24, 2.45) is 11.8 Å². The van der Waals surface area contributed by atoms with E-state index in [0.29, 0.717) is 38.2 Å². The van der Waals surface area contributed by atoms with E-state index in [1.807, 2.05) is 51.0 Å². The Hall–Kier alpha value is -2.71. The Labute approximate surface area is 267 Å². The Bertz CT molecular complexity index is 1280. The second-order valence-corrected chi connectivity index (χ2v) is 13.6. The lowest BCUT2D eigenvalue weighted by Gasteiger charge is -2.41. The predicted molar refractivity (Wildman–Crippen MR) is 172 cm³/mol. The van der Waals surface area contributed by atoms with E-state index >= 15 is 0 Å². The van der Waals surface area contributed by atoms with Gasteiger partial charge in [-0.3, -0.25) is 19.3 Å². The third kappa shape index (κ3) is 8.18. The summed E-state index contributed by atoms with van der Waals surface area (Å²) < 4.78 is 14.1. The summed E-state index contributed by atoms with van der Waals surface area (Å²) in [5.74, 6) is -2.07. The molecule has 2 aliphatic rings. The number of carbonyl (C=O) groups excluding carboxylic acids is 2. The molecule has 0 aliphatic carbocycles. The maximum atomic E-state index is 13.3. The highest BCUT2D eigenvalue weighted by Crippen LogP contribution is 2.40. The Balaban J connectivity index is 1.51. The van der Waals surface area contributed by atoms with Gasteiger partial charge in [-0.1, -0.05) is 25.1 Å². The number of aliphatic hydroxyl groups excluding tert-OH is 1. The number of aromatic nitrogens is 4. The number of rotatable bonds is 7. The number of hydrogen-bond acceptors (Lipinski definition) is 11. The third-order valence-electron chi connectivity index (χ3n) is 9.80. The molecule has 4 heterocycles. The Morgan fingerprint density at radius 1 is 1.13 bits per heavy atom. The monoisotopic (exact) mass is 626 g/mol. The summed E-state index contributed by atoms with van der Waals surface area (Å²) in [4.78, 5) is 32.7. The van der Waals surface area contributed by atoms with E-state index in [9.17, 15) is 19.8 Å². The molecule has 0 saturated carbocycles. The maximum absolute atomic E-state index is 13.3. The van der Waals surface area contributed by atoms with Crippen molar-refractivity contribution in [2.45, 2.75) is 122 Å². The van der Waals surface area contributed by atoms with Gasteiger partial charge in [0.25, 0.3) is 0 Å². The van der Waals surface area contributed by atoms with Crippen molar-refractivity contribution in [1.29, 1.82) is 0 Å². The molecule has 0 bridgehead atoms. The lowest BCUT2D eigenvalue weighted by atomic mass is 9.67. The number of Topliss-reactive ketones (excluding diaryl/α,β-unsaturated/α-hetero) is 1. The molecular weight excluding hydrogens is 575 g/mol. The van der Waals surface area contributed by atoms with Gasteiger partial charge in [-0.25, -0.2) is 4.90 Å². The summed E-state index contributed by atoms with van der Waals surface area (Å²) in [6, 6.07) is 5.15. The van der Waals surface area contributed by atoms with Crippen molar-refractivity contribution in [2.75, 3.05) is 13.1 Å². The molecular formula is C32H51BN6O6. The number of cyclic esters (lactones) is 1. The van der Waals surface area contributed by atoms with Crippen molar-refractivity contribution in [3.05, 3.63) is 30.6 Å². The normalized spacial score (nSPS) is 35.8. The number of ether oxygens (including phenoxy) is 2. The van der Waals surface area contributed by atoms with E-state index in [-0.39, 0.29) is 36.0 Å². The predicted octanol–water partition coefficient (Wildman–Crippen LogP) is 1.96. The van der Waals surface area contributed by atoms with Gasteiger partial charge < -0.3 is 25.0 Å². The third-order valence-corrected chi connectivity index (χ3v) is 9.80. The van der Waals surface area contributed by atoms with Crippen LogP contribution in [0.15, 0.2) is 30.6 Å². The first kappa shape index (κ1) is 35.2. The largest absolute Gasteiger partial charge is 0.459 e. The summed E-state index contributed by atoms with van der Waals surface area (Å²) in [6.45, 7) is 13.1. The number of nitrogens with zero attached hydrogens (tertiary/aromatic N) is 5. The zero-order valence-electron chi connectivity index (χ0n) is 27.8. The molecule has 4 rings (SSSR count). The highest BCUT2D eigenvalue weighted by atomic mass is 16.7. The molecule has 0 spiro atoms. The van der Waals surface area contributed by atoms with Crippen LogP contribution in [0, 0.1) is 11.8 Å². The van der Waals surface area contributed by atoms with Crippen molar-refractivity contribution in [3.63, 3.8) is 0 Å². The van der Waals surface area contributed by atoms with E-state index in [2.05, 4.69) is 34.5 Å². The second-order valence-electron chi connectivity index (χ2n) is 13.6. The van der Waals surface area contributed by atoms with E-state index in [4.69, 9.17) is 9.47 Å². The topological polar surface area (TPSA) is 152 Å². The lowest BCUT2D eigenvalue weighted by Crippen LogP contribution is -2.61. The first-order valence-corrected chi connectivity index (χ1v) is 16.4. The molecule has 2 aromatic rings. The second kappa shape index (κ2) is 14.8. The highest BCUT2D eigenvalue weighted by molar-refractivity contribution is 6.15. The highest BCUT2D eigenvalue weighted by Gasteiger charge is 2.57. The Kier molecular flexibility index (Phi) is 11.6. The van der Waals surface area contributed by atoms with Crippen LogP contribution in [0.4, 0.5) is 0 Å². The van der Waals surface area contributed by atoms with Gasteiger partial charge in [-0.05, 0) is 83.8 Å². The van der Waals surface area contributed by atoms with Crippen LogP contribution in [0.2, 0.25) is 5.82 Å². The molecule has 248 valence electrons. The zero-order chi connectivity index (χ0) is 32.9. The summed E-state index contributed by atoms with van der Waals surface area (Å²) in [5.41, 5.74) is -0.647. The van der Waals surface area contributed by atoms with Gasteiger partial charge in [0.1, 0.15) is 36.9 Å². The van der Waals surface area contributed by atoms with E-state index in [1.54, 1.807) is 24.7 Å². The average molecular weight is 627 g/mol. The molecule has 2 saturated heterocycles. The minimum atomic E-state index is -1.20. The molecule has 1 unspecified atom stereocenters. The van der Waals surface area contributed by atoms with Crippen molar-refractivity contribution in [3.8, 4) is 11.4 Å². The smallest absolute Gasteiger partial charge is 0.316 e. The number of esters is 1. The average Bonchev–Trinajstić information content (AvgIpc) is 3.57. The molecule has 13 heteroatoms. The standard InChI is InChI=1S/C32H51BN6O6/c1-7-27-32(6)28(22(4)35-18-20(2)17-31(5,43)26(33)16-25(40)21(3)29(41)44-27)39(30(42)45-32)15-11-10-14-38-19-24(36-37-38)23-12-8-9-13-34-23/h8-9,12-13,19-22,26-28,30,35,42-43H,7,10-11,14-18,33H2,1-6H3/t20-,21-,22-,26-,27-,28-,30?,31+,32-/m1/s1. The van der Waals surface area contributed by atoms with Crippen LogP contribution in [0.25, 0.3) is 11.4 Å². The van der Waals surface area contributed by atoms with Crippen LogP contribution in [0.3, 0.4) is 0 Å². The molecule has 2 fully saturated rings. The summed E-state index contributed by atoms with van der Waals surface area (Å²) in [6.07, 6.45) is 4.26. The summed E-state index contributed by atoms with van der Waals surface area (Å²) in [5, 5.41) is 34.6. The van der Waals surface area contributed by atoms with Gasteiger partial charge in [0, 0.05) is 31.7 Å². The number of aryl methyl sites for hydroxylation is 1.